The molecule has 1 rings (SSSR count). The first-order valence-electron chi connectivity index (χ1n) is 4.75. The zero-order valence-electron chi connectivity index (χ0n) is 7.41. The molecule has 0 radical (unpaired) electrons. The van der Waals surface area contributed by atoms with Crippen LogP contribution in [0.2, 0.25) is 0 Å². The molecule has 0 aromatic rings. The summed E-state index contributed by atoms with van der Waals surface area (Å²) in [4.78, 5) is 0. The highest BCUT2D eigenvalue weighted by atomic mass is 32.2. The molecule has 1 fully saturated rings. The molecule has 0 amide bonds. The average molecular weight is 190 g/mol. The van der Waals surface area contributed by atoms with E-state index in [-0.39, 0.29) is 12.7 Å². The molecule has 2 N–H and O–H groups in total. The molecule has 72 valence electrons. The summed E-state index contributed by atoms with van der Waals surface area (Å²) >= 11 is 1.90. The summed E-state index contributed by atoms with van der Waals surface area (Å²) in [5, 5.41) is 18.7. The van der Waals surface area contributed by atoms with Crippen molar-refractivity contribution in [3.05, 3.63) is 0 Å². The molecule has 0 spiro atoms. The Hall–Kier alpha value is 0.270. The normalized spacial score (nSPS) is 26.0. The predicted molar refractivity (Wildman–Crippen MR) is 52.4 cm³/mol. The standard InChI is InChI=1S/C9H18O2S/c10-6-2-1-4-8(11)9-5-3-7-12-9/h8-11H,1-7H2. The molecule has 1 heterocycles. The fourth-order valence-corrected chi connectivity index (χ4v) is 2.88. The molecule has 0 aliphatic carbocycles. The molecule has 1 aliphatic rings. The van der Waals surface area contributed by atoms with E-state index in [0.29, 0.717) is 5.25 Å². The Morgan fingerprint density at radius 2 is 2.25 bits per heavy atom. The van der Waals surface area contributed by atoms with Gasteiger partial charge in [0.1, 0.15) is 0 Å². The molecule has 0 aromatic heterocycles. The smallest absolute Gasteiger partial charge is 0.0658 e. The zero-order valence-corrected chi connectivity index (χ0v) is 8.22. The maximum absolute atomic E-state index is 9.67. The lowest BCUT2D eigenvalue weighted by Gasteiger charge is -2.16. The van der Waals surface area contributed by atoms with E-state index in [4.69, 9.17) is 5.11 Å². The Kier molecular flexibility index (Phi) is 5.04. The van der Waals surface area contributed by atoms with Crippen LogP contribution >= 0.6 is 11.8 Å². The Morgan fingerprint density at radius 1 is 1.42 bits per heavy atom. The topological polar surface area (TPSA) is 40.5 Å². The predicted octanol–water partition coefficient (Wildman–Crippen LogP) is 1.41. The van der Waals surface area contributed by atoms with Gasteiger partial charge in [-0.25, -0.2) is 0 Å². The van der Waals surface area contributed by atoms with Gasteiger partial charge in [0.2, 0.25) is 0 Å². The minimum Gasteiger partial charge on any atom is -0.396 e. The number of rotatable bonds is 5. The SMILES string of the molecule is OCCCCC(O)C1CCCS1. The van der Waals surface area contributed by atoms with Crippen LogP contribution in [0.25, 0.3) is 0 Å². The molecule has 1 saturated heterocycles. The van der Waals surface area contributed by atoms with Crippen LogP contribution in [0.5, 0.6) is 0 Å². The Balaban J connectivity index is 2.05. The number of aliphatic hydroxyl groups excluding tert-OH is 2. The molecule has 0 bridgehead atoms. The minimum absolute atomic E-state index is 0.135. The molecule has 0 saturated carbocycles. The lowest BCUT2D eigenvalue weighted by atomic mass is 10.1. The van der Waals surface area contributed by atoms with E-state index in [1.54, 1.807) is 0 Å². The number of hydrogen-bond acceptors (Lipinski definition) is 3. The van der Waals surface area contributed by atoms with Crippen LogP contribution < -0.4 is 0 Å². The highest BCUT2D eigenvalue weighted by molar-refractivity contribution is 8.00. The second-order valence-electron chi connectivity index (χ2n) is 3.34. The van der Waals surface area contributed by atoms with Gasteiger partial charge < -0.3 is 10.2 Å². The third-order valence-corrected chi connectivity index (χ3v) is 3.80. The third kappa shape index (κ3) is 3.33. The van der Waals surface area contributed by atoms with Gasteiger partial charge >= 0.3 is 0 Å². The maximum atomic E-state index is 9.67. The minimum atomic E-state index is -0.135. The molecule has 0 aromatic carbocycles. The van der Waals surface area contributed by atoms with E-state index in [2.05, 4.69) is 0 Å². The summed E-state index contributed by atoms with van der Waals surface area (Å²) in [6.45, 7) is 0.254. The van der Waals surface area contributed by atoms with Crippen LogP contribution in [0.3, 0.4) is 0 Å². The molecule has 2 nitrogen and oxygen atoms in total. The van der Waals surface area contributed by atoms with Gasteiger partial charge in [0.05, 0.1) is 6.10 Å². The van der Waals surface area contributed by atoms with Crippen LogP contribution in [0.15, 0.2) is 0 Å². The highest BCUT2D eigenvalue weighted by Gasteiger charge is 2.22. The van der Waals surface area contributed by atoms with Crippen molar-refractivity contribution < 1.29 is 10.2 Å². The Labute approximate surface area is 78.4 Å². The fraction of sp³-hybridized carbons (Fsp3) is 1.00. The lowest BCUT2D eigenvalue weighted by molar-refractivity contribution is 0.153. The average Bonchev–Trinajstić information content (AvgIpc) is 2.56. The van der Waals surface area contributed by atoms with E-state index in [1.807, 2.05) is 11.8 Å². The largest absolute Gasteiger partial charge is 0.396 e. The molecule has 12 heavy (non-hydrogen) atoms. The van der Waals surface area contributed by atoms with Crippen LogP contribution in [0.1, 0.15) is 32.1 Å². The summed E-state index contributed by atoms with van der Waals surface area (Å²) in [6, 6.07) is 0. The van der Waals surface area contributed by atoms with Crippen LogP contribution in [0, 0.1) is 0 Å². The number of thioether (sulfide) groups is 1. The van der Waals surface area contributed by atoms with Crippen molar-refractivity contribution in [2.75, 3.05) is 12.4 Å². The van der Waals surface area contributed by atoms with Crippen molar-refractivity contribution in [1.29, 1.82) is 0 Å². The first-order valence-corrected chi connectivity index (χ1v) is 5.80. The van der Waals surface area contributed by atoms with Gasteiger partial charge in [0.25, 0.3) is 0 Å². The lowest BCUT2D eigenvalue weighted by Crippen LogP contribution is -2.20. The van der Waals surface area contributed by atoms with E-state index in [0.717, 1.165) is 19.3 Å². The van der Waals surface area contributed by atoms with Gasteiger partial charge in [-0.05, 0) is 37.9 Å². The molecular formula is C9H18O2S. The molecule has 3 heteroatoms. The van der Waals surface area contributed by atoms with Crippen molar-refractivity contribution in [1.82, 2.24) is 0 Å². The van der Waals surface area contributed by atoms with E-state index in [9.17, 15) is 5.11 Å². The highest BCUT2D eigenvalue weighted by Crippen LogP contribution is 2.30. The quantitative estimate of drug-likeness (QED) is 0.644. The Bertz CT molecular complexity index is 113. The molecule has 2 atom stereocenters. The van der Waals surface area contributed by atoms with Crippen molar-refractivity contribution in [3.8, 4) is 0 Å². The summed E-state index contributed by atoms with van der Waals surface area (Å²) in [7, 11) is 0. The first kappa shape index (κ1) is 10.4. The van der Waals surface area contributed by atoms with Gasteiger partial charge in [-0.1, -0.05) is 0 Å². The molecule has 2 unspecified atom stereocenters. The first-order chi connectivity index (χ1) is 5.84. The van der Waals surface area contributed by atoms with Gasteiger partial charge in [0.15, 0.2) is 0 Å². The summed E-state index contributed by atoms with van der Waals surface area (Å²) in [6.07, 6.45) is 4.93. The van der Waals surface area contributed by atoms with Crippen LogP contribution in [-0.2, 0) is 0 Å². The maximum Gasteiger partial charge on any atom is 0.0658 e. The van der Waals surface area contributed by atoms with Crippen molar-refractivity contribution in [2.24, 2.45) is 0 Å². The second-order valence-corrected chi connectivity index (χ2v) is 4.69. The number of unbranched alkanes of at least 4 members (excludes halogenated alkanes) is 1. The van der Waals surface area contributed by atoms with Gasteiger partial charge in [-0.3, -0.25) is 0 Å². The van der Waals surface area contributed by atoms with Gasteiger partial charge in [0, 0.05) is 11.9 Å². The molecular weight excluding hydrogens is 172 g/mol. The van der Waals surface area contributed by atoms with Crippen LogP contribution in [-0.4, -0.2) is 33.9 Å². The van der Waals surface area contributed by atoms with Gasteiger partial charge in [-0.15, -0.1) is 0 Å². The summed E-state index contributed by atoms with van der Waals surface area (Å²) in [5.74, 6) is 1.21. The van der Waals surface area contributed by atoms with Gasteiger partial charge in [-0.2, -0.15) is 11.8 Å². The summed E-state index contributed by atoms with van der Waals surface area (Å²) < 4.78 is 0. The van der Waals surface area contributed by atoms with E-state index in [1.165, 1.54) is 18.6 Å². The zero-order chi connectivity index (χ0) is 8.81. The van der Waals surface area contributed by atoms with E-state index < -0.39 is 0 Å². The van der Waals surface area contributed by atoms with Crippen molar-refractivity contribution in [2.45, 2.75) is 43.5 Å². The summed E-state index contributed by atoms with van der Waals surface area (Å²) in [5.41, 5.74) is 0. The Morgan fingerprint density at radius 3 is 2.83 bits per heavy atom. The monoisotopic (exact) mass is 190 g/mol. The van der Waals surface area contributed by atoms with Crippen LogP contribution in [0.4, 0.5) is 0 Å². The molecule has 1 aliphatic heterocycles. The second kappa shape index (κ2) is 5.84. The number of hydrogen-bond donors (Lipinski definition) is 2. The van der Waals surface area contributed by atoms with Crippen molar-refractivity contribution in [3.63, 3.8) is 0 Å². The fourth-order valence-electron chi connectivity index (χ4n) is 1.56. The van der Waals surface area contributed by atoms with E-state index >= 15 is 0 Å². The number of aliphatic hydroxyl groups is 2. The van der Waals surface area contributed by atoms with Crippen molar-refractivity contribution >= 4 is 11.8 Å². The third-order valence-electron chi connectivity index (χ3n) is 2.30.